The van der Waals surface area contributed by atoms with Crippen molar-refractivity contribution >= 4 is 17.0 Å². The number of hydrogen-bond acceptors (Lipinski definition) is 4. The molecule has 2 rings (SSSR count). The first-order chi connectivity index (χ1) is 6.18. The SMILES string of the molecule is O=C(O)c1nc2[nH]ncc2c(=O)[nH]1. The van der Waals surface area contributed by atoms with E-state index in [2.05, 4.69) is 20.2 Å². The molecule has 0 saturated heterocycles. The highest BCUT2D eigenvalue weighted by Crippen LogP contribution is 2.00. The summed E-state index contributed by atoms with van der Waals surface area (Å²) in [6.45, 7) is 0. The molecule has 0 fully saturated rings. The third-order valence-electron chi connectivity index (χ3n) is 1.52. The number of carboxylic acid groups (broad SMARTS) is 1. The summed E-state index contributed by atoms with van der Waals surface area (Å²) < 4.78 is 0. The van der Waals surface area contributed by atoms with Gasteiger partial charge in [0.15, 0.2) is 5.65 Å². The molecule has 0 spiro atoms. The first-order valence-corrected chi connectivity index (χ1v) is 3.35. The Morgan fingerprint density at radius 1 is 1.54 bits per heavy atom. The highest BCUT2D eigenvalue weighted by atomic mass is 16.4. The highest BCUT2D eigenvalue weighted by molar-refractivity contribution is 5.85. The van der Waals surface area contributed by atoms with E-state index >= 15 is 0 Å². The number of rotatable bonds is 1. The fourth-order valence-electron chi connectivity index (χ4n) is 0.947. The minimum absolute atomic E-state index is 0.168. The summed E-state index contributed by atoms with van der Waals surface area (Å²) in [6, 6.07) is 0. The van der Waals surface area contributed by atoms with Gasteiger partial charge in [-0.2, -0.15) is 5.10 Å². The van der Waals surface area contributed by atoms with Gasteiger partial charge >= 0.3 is 5.97 Å². The van der Waals surface area contributed by atoms with Gasteiger partial charge in [-0.25, -0.2) is 9.78 Å². The van der Waals surface area contributed by atoms with E-state index in [0.717, 1.165) is 0 Å². The third kappa shape index (κ3) is 1.06. The Hall–Kier alpha value is -2.18. The number of carbonyl (C=O) groups is 1. The van der Waals surface area contributed by atoms with Crippen molar-refractivity contribution in [2.45, 2.75) is 0 Å². The van der Waals surface area contributed by atoms with E-state index in [9.17, 15) is 9.59 Å². The summed E-state index contributed by atoms with van der Waals surface area (Å²) in [5, 5.41) is 14.8. The van der Waals surface area contributed by atoms with Gasteiger partial charge in [-0.3, -0.25) is 9.89 Å². The lowest BCUT2D eigenvalue weighted by Crippen LogP contribution is -2.14. The molecule has 0 radical (unpaired) electrons. The topological polar surface area (TPSA) is 112 Å². The van der Waals surface area contributed by atoms with E-state index in [0.29, 0.717) is 0 Å². The molecule has 0 aromatic carbocycles. The second-order valence-corrected chi connectivity index (χ2v) is 2.35. The van der Waals surface area contributed by atoms with Gasteiger partial charge in [0.1, 0.15) is 5.39 Å². The Labute approximate surface area is 70.4 Å². The Bertz CT molecular complexity index is 526. The van der Waals surface area contributed by atoms with Crippen molar-refractivity contribution < 1.29 is 9.90 Å². The smallest absolute Gasteiger partial charge is 0.372 e. The zero-order valence-electron chi connectivity index (χ0n) is 6.24. The molecular formula is C6H4N4O3. The van der Waals surface area contributed by atoms with Crippen LogP contribution >= 0.6 is 0 Å². The van der Waals surface area contributed by atoms with Gasteiger partial charge < -0.3 is 10.1 Å². The van der Waals surface area contributed by atoms with Crippen molar-refractivity contribution in [2.24, 2.45) is 0 Å². The number of fused-ring (bicyclic) bond motifs is 1. The number of nitrogens with one attached hydrogen (secondary N) is 2. The molecule has 0 aliphatic carbocycles. The van der Waals surface area contributed by atoms with E-state index in [1.165, 1.54) is 6.20 Å². The van der Waals surface area contributed by atoms with Crippen LogP contribution in [0.1, 0.15) is 10.6 Å². The van der Waals surface area contributed by atoms with Crippen molar-refractivity contribution in [3.63, 3.8) is 0 Å². The first kappa shape index (κ1) is 7.47. The van der Waals surface area contributed by atoms with Crippen molar-refractivity contribution in [2.75, 3.05) is 0 Å². The first-order valence-electron chi connectivity index (χ1n) is 3.35. The van der Waals surface area contributed by atoms with Crippen molar-refractivity contribution in [3.05, 3.63) is 22.4 Å². The van der Waals surface area contributed by atoms with Crippen LogP contribution in [-0.4, -0.2) is 31.2 Å². The molecule has 7 nitrogen and oxygen atoms in total. The largest absolute Gasteiger partial charge is 0.475 e. The van der Waals surface area contributed by atoms with Crippen LogP contribution in [0, 0.1) is 0 Å². The molecule has 2 aromatic heterocycles. The molecule has 0 aliphatic rings. The molecule has 3 N–H and O–H groups in total. The Morgan fingerprint density at radius 3 is 3.00 bits per heavy atom. The summed E-state index contributed by atoms with van der Waals surface area (Å²) in [7, 11) is 0. The Kier molecular flexibility index (Phi) is 1.38. The number of aromatic carboxylic acids is 1. The lowest BCUT2D eigenvalue weighted by molar-refractivity contribution is 0.0683. The zero-order chi connectivity index (χ0) is 9.42. The number of hydrogen-bond donors (Lipinski definition) is 3. The predicted octanol–water partition coefficient (Wildman–Crippen LogP) is -0.656. The third-order valence-corrected chi connectivity index (χ3v) is 1.52. The molecule has 0 aliphatic heterocycles. The van der Waals surface area contributed by atoms with Crippen molar-refractivity contribution in [3.8, 4) is 0 Å². The monoisotopic (exact) mass is 180 g/mol. The van der Waals surface area contributed by atoms with Crippen LogP contribution < -0.4 is 5.56 Å². The Morgan fingerprint density at radius 2 is 2.31 bits per heavy atom. The predicted molar refractivity (Wildman–Crippen MR) is 41.5 cm³/mol. The lowest BCUT2D eigenvalue weighted by Gasteiger charge is -1.91. The van der Waals surface area contributed by atoms with Gasteiger partial charge in [-0.15, -0.1) is 0 Å². The Balaban J connectivity index is 2.85. The van der Waals surface area contributed by atoms with Crippen molar-refractivity contribution in [1.29, 1.82) is 0 Å². The number of aromatic amines is 2. The van der Waals surface area contributed by atoms with Crippen molar-refractivity contribution in [1.82, 2.24) is 20.2 Å². The lowest BCUT2D eigenvalue weighted by atomic mass is 10.4. The quantitative estimate of drug-likeness (QED) is 0.539. The van der Waals surface area contributed by atoms with Crippen LogP contribution in [0.3, 0.4) is 0 Å². The minimum Gasteiger partial charge on any atom is -0.475 e. The molecule has 2 heterocycles. The van der Waals surface area contributed by atoms with Crippen LogP contribution in [0.4, 0.5) is 0 Å². The molecule has 0 atom stereocenters. The average molecular weight is 180 g/mol. The fourth-order valence-corrected chi connectivity index (χ4v) is 0.947. The van der Waals surface area contributed by atoms with Crippen LogP contribution in [0.25, 0.3) is 11.0 Å². The normalized spacial score (nSPS) is 10.5. The summed E-state index contributed by atoms with van der Waals surface area (Å²) in [5.41, 5.74) is -0.350. The molecule has 66 valence electrons. The summed E-state index contributed by atoms with van der Waals surface area (Å²) in [4.78, 5) is 27.3. The molecule has 0 bridgehead atoms. The second-order valence-electron chi connectivity index (χ2n) is 2.35. The molecule has 0 amide bonds. The summed E-state index contributed by atoms with van der Waals surface area (Å²) in [6.07, 6.45) is 1.28. The van der Waals surface area contributed by atoms with Crippen LogP contribution in [0.15, 0.2) is 11.0 Å². The van der Waals surface area contributed by atoms with Crippen LogP contribution in [0.5, 0.6) is 0 Å². The van der Waals surface area contributed by atoms with Crippen LogP contribution in [0.2, 0.25) is 0 Å². The van der Waals surface area contributed by atoms with Gasteiger partial charge in [0, 0.05) is 0 Å². The maximum Gasteiger partial charge on any atom is 0.372 e. The second kappa shape index (κ2) is 2.41. The maximum atomic E-state index is 11.1. The number of nitrogens with zero attached hydrogens (tertiary/aromatic N) is 2. The number of H-pyrrole nitrogens is 2. The number of carboxylic acids is 1. The van der Waals surface area contributed by atoms with E-state index < -0.39 is 17.4 Å². The van der Waals surface area contributed by atoms with Gasteiger partial charge in [0.2, 0.25) is 5.82 Å². The zero-order valence-corrected chi connectivity index (χ0v) is 6.24. The molecular weight excluding hydrogens is 176 g/mol. The van der Waals surface area contributed by atoms with Gasteiger partial charge in [0.05, 0.1) is 6.20 Å². The molecule has 13 heavy (non-hydrogen) atoms. The molecule has 2 aromatic rings. The van der Waals surface area contributed by atoms with E-state index in [-0.39, 0.29) is 11.0 Å². The maximum absolute atomic E-state index is 11.1. The van der Waals surface area contributed by atoms with Crippen LogP contribution in [-0.2, 0) is 0 Å². The van der Waals surface area contributed by atoms with Gasteiger partial charge in [-0.05, 0) is 0 Å². The van der Waals surface area contributed by atoms with E-state index in [1.54, 1.807) is 0 Å². The standard InChI is InChI=1S/C6H4N4O3/c11-5-2-1-7-10-3(2)8-4(9-5)6(12)13/h1H,(H,12,13)(H2,7,8,9,10,11). The number of aromatic nitrogens is 4. The van der Waals surface area contributed by atoms with Gasteiger partial charge in [0.25, 0.3) is 5.56 Å². The summed E-state index contributed by atoms with van der Waals surface area (Å²) in [5.74, 6) is -1.68. The molecule has 7 heteroatoms. The summed E-state index contributed by atoms with van der Waals surface area (Å²) >= 11 is 0. The highest BCUT2D eigenvalue weighted by Gasteiger charge is 2.09. The van der Waals surface area contributed by atoms with E-state index in [4.69, 9.17) is 5.11 Å². The van der Waals surface area contributed by atoms with E-state index in [1.807, 2.05) is 0 Å². The molecule has 0 unspecified atom stereocenters. The van der Waals surface area contributed by atoms with Gasteiger partial charge in [-0.1, -0.05) is 0 Å². The fraction of sp³-hybridized carbons (Fsp3) is 0. The molecule has 0 saturated carbocycles. The minimum atomic E-state index is -1.28. The average Bonchev–Trinajstić information content (AvgIpc) is 2.51.